The number of amides is 2. The monoisotopic (exact) mass is 350 g/mol. The van der Waals surface area contributed by atoms with Crippen molar-refractivity contribution < 1.29 is 14.3 Å². The Hall–Kier alpha value is -2.69. The highest BCUT2D eigenvalue weighted by molar-refractivity contribution is 5.89. The fourth-order valence-electron chi connectivity index (χ4n) is 3.89. The Balaban J connectivity index is 1.44. The van der Waals surface area contributed by atoms with Gasteiger partial charge in [0.25, 0.3) is 0 Å². The number of rotatable bonds is 4. The molecule has 5 heteroatoms. The van der Waals surface area contributed by atoms with Crippen LogP contribution in [-0.2, 0) is 19.4 Å². The largest absolute Gasteiger partial charge is 0.493 e. The van der Waals surface area contributed by atoms with Crippen molar-refractivity contribution in [2.45, 2.75) is 38.3 Å². The van der Waals surface area contributed by atoms with E-state index in [0.29, 0.717) is 25.8 Å². The Morgan fingerprint density at radius 1 is 1.12 bits per heavy atom. The normalized spacial score (nSPS) is 17.1. The number of hydrogen-bond donors (Lipinski definition) is 1. The molecule has 134 valence electrons. The zero-order valence-corrected chi connectivity index (χ0v) is 14.7. The van der Waals surface area contributed by atoms with Gasteiger partial charge in [0.05, 0.1) is 19.8 Å². The second kappa shape index (κ2) is 6.24. The number of hydrogen-bond acceptors (Lipinski definition) is 3. The number of nitrogens with zero attached hydrogens (tertiary/aromatic N) is 1. The first-order valence-electron chi connectivity index (χ1n) is 9.35. The summed E-state index contributed by atoms with van der Waals surface area (Å²) in [6.45, 7) is 2.01. The highest BCUT2D eigenvalue weighted by Crippen LogP contribution is 2.42. The highest BCUT2D eigenvalue weighted by Gasteiger charge is 2.35. The summed E-state index contributed by atoms with van der Waals surface area (Å²) in [4.78, 5) is 14.9. The van der Waals surface area contributed by atoms with Gasteiger partial charge in [-0.2, -0.15) is 0 Å². The van der Waals surface area contributed by atoms with Gasteiger partial charge in [-0.3, -0.25) is 0 Å². The lowest BCUT2D eigenvalue weighted by atomic mass is 9.99. The van der Waals surface area contributed by atoms with E-state index < -0.39 is 0 Å². The second-order valence-corrected chi connectivity index (χ2v) is 7.17. The number of anilines is 1. The summed E-state index contributed by atoms with van der Waals surface area (Å²) in [5.74, 6) is 1.95. The Morgan fingerprint density at radius 3 is 2.73 bits per heavy atom. The third kappa shape index (κ3) is 2.77. The van der Waals surface area contributed by atoms with Crippen LogP contribution in [0.5, 0.6) is 11.5 Å². The molecule has 0 bridgehead atoms. The van der Waals surface area contributed by atoms with Crippen LogP contribution in [0, 0.1) is 0 Å². The van der Waals surface area contributed by atoms with Gasteiger partial charge in [0.15, 0.2) is 0 Å². The van der Waals surface area contributed by atoms with Gasteiger partial charge < -0.3 is 19.7 Å². The van der Waals surface area contributed by atoms with Crippen LogP contribution >= 0.6 is 0 Å². The van der Waals surface area contributed by atoms with Crippen molar-refractivity contribution in [1.29, 1.82) is 0 Å². The van der Waals surface area contributed by atoms with Gasteiger partial charge in [0, 0.05) is 41.3 Å². The smallest absolute Gasteiger partial charge is 0.322 e. The minimum Gasteiger partial charge on any atom is -0.493 e. The predicted molar refractivity (Wildman–Crippen MR) is 98.9 cm³/mol. The first-order valence-corrected chi connectivity index (χ1v) is 9.35. The molecule has 1 saturated carbocycles. The Morgan fingerprint density at radius 2 is 1.92 bits per heavy atom. The lowest BCUT2D eigenvalue weighted by molar-refractivity contribution is 0.205. The van der Waals surface area contributed by atoms with Crippen molar-refractivity contribution in [2.24, 2.45) is 0 Å². The quantitative estimate of drug-likeness (QED) is 0.914. The van der Waals surface area contributed by atoms with Crippen molar-refractivity contribution in [3.63, 3.8) is 0 Å². The van der Waals surface area contributed by atoms with Crippen molar-refractivity contribution in [3.8, 4) is 11.5 Å². The summed E-state index contributed by atoms with van der Waals surface area (Å²) in [7, 11) is 0. The van der Waals surface area contributed by atoms with E-state index in [1.54, 1.807) is 0 Å². The third-order valence-electron chi connectivity index (χ3n) is 5.36. The van der Waals surface area contributed by atoms with Crippen molar-refractivity contribution in [2.75, 3.05) is 18.5 Å². The molecule has 0 radical (unpaired) electrons. The molecule has 5 nitrogen and oxygen atoms in total. The highest BCUT2D eigenvalue weighted by atomic mass is 16.5. The van der Waals surface area contributed by atoms with E-state index >= 15 is 0 Å². The van der Waals surface area contributed by atoms with Crippen LogP contribution < -0.4 is 14.8 Å². The molecule has 2 aliphatic heterocycles. The average Bonchev–Trinajstić information content (AvgIpc) is 3.19. The van der Waals surface area contributed by atoms with Gasteiger partial charge >= 0.3 is 6.03 Å². The van der Waals surface area contributed by atoms with E-state index in [2.05, 4.69) is 11.4 Å². The zero-order valence-electron chi connectivity index (χ0n) is 14.7. The fraction of sp³-hybridized carbons (Fsp3) is 0.381. The predicted octanol–water partition coefficient (Wildman–Crippen LogP) is 3.75. The van der Waals surface area contributed by atoms with E-state index in [-0.39, 0.29) is 6.03 Å². The molecule has 1 fully saturated rings. The fourth-order valence-corrected chi connectivity index (χ4v) is 3.89. The van der Waals surface area contributed by atoms with E-state index in [4.69, 9.17) is 9.47 Å². The first kappa shape index (κ1) is 15.6. The Bertz CT molecular complexity index is 814. The van der Waals surface area contributed by atoms with Gasteiger partial charge in [0.2, 0.25) is 0 Å². The van der Waals surface area contributed by atoms with Crippen LogP contribution in [0.3, 0.4) is 0 Å². The topological polar surface area (TPSA) is 50.8 Å². The number of fused-ring (bicyclic) bond motifs is 2. The van der Waals surface area contributed by atoms with Crippen LogP contribution in [0.25, 0.3) is 0 Å². The minimum atomic E-state index is -0.0398. The molecular weight excluding hydrogens is 328 g/mol. The van der Waals surface area contributed by atoms with E-state index in [1.807, 2.05) is 35.2 Å². The van der Waals surface area contributed by atoms with Gasteiger partial charge in [-0.05, 0) is 31.0 Å². The van der Waals surface area contributed by atoms with E-state index in [0.717, 1.165) is 48.4 Å². The number of carbonyl (C=O) groups is 1. The SMILES string of the molecule is O=C(Nc1ccccc1)N(Cc1c2c(cc3c1OCC3)OCC2)C1CC1. The summed E-state index contributed by atoms with van der Waals surface area (Å²) in [5, 5.41) is 3.03. The summed E-state index contributed by atoms with van der Waals surface area (Å²) < 4.78 is 11.7. The van der Waals surface area contributed by atoms with Crippen LogP contribution in [0.1, 0.15) is 29.5 Å². The number of ether oxygens (including phenoxy) is 2. The number of nitrogens with one attached hydrogen (secondary N) is 1. The molecular formula is C21H22N2O3. The van der Waals surface area contributed by atoms with Crippen LogP contribution in [-0.4, -0.2) is 30.2 Å². The number of carbonyl (C=O) groups excluding carboxylic acids is 1. The zero-order chi connectivity index (χ0) is 17.5. The van der Waals surface area contributed by atoms with E-state index in [9.17, 15) is 4.79 Å². The molecule has 2 amide bonds. The molecule has 0 aromatic heterocycles. The molecule has 2 heterocycles. The molecule has 0 atom stereocenters. The molecule has 26 heavy (non-hydrogen) atoms. The number of benzene rings is 2. The summed E-state index contributed by atoms with van der Waals surface area (Å²) in [6, 6.07) is 12.0. The standard InChI is InChI=1S/C21H22N2O3/c24-21(22-15-4-2-1-3-5-15)23(16-6-7-16)13-18-17-9-11-25-19(17)12-14-8-10-26-20(14)18/h1-5,12,16H,6-11,13H2,(H,22,24). The molecule has 0 spiro atoms. The van der Waals surface area contributed by atoms with Crippen LogP contribution in [0.15, 0.2) is 36.4 Å². The molecule has 1 N–H and O–H groups in total. The lowest BCUT2D eigenvalue weighted by Gasteiger charge is -2.25. The summed E-state index contributed by atoms with van der Waals surface area (Å²) in [5.41, 5.74) is 4.39. The van der Waals surface area contributed by atoms with Gasteiger partial charge in [-0.15, -0.1) is 0 Å². The molecule has 2 aromatic carbocycles. The third-order valence-corrected chi connectivity index (χ3v) is 5.36. The summed E-state index contributed by atoms with van der Waals surface area (Å²) >= 11 is 0. The number of para-hydroxylation sites is 1. The van der Waals surface area contributed by atoms with Crippen molar-refractivity contribution in [3.05, 3.63) is 53.1 Å². The minimum absolute atomic E-state index is 0.0398. The van der Waals surface area contributed by atoms with E-state index in [1.165, 1.54) is 11.1 Å². The number of urea groups is 1. The molecule has 1 aliphatic carbocycles. The Labute approximate surface area is 152 Å². The average molecular weight is 350 g/mol. The van der Waals surface area contributed by atoms with Gasteiger partial charge in [-0.1, -0.05) is 18.2 Å². The summed E-state index contributed by atoms with van der Waals surface area (Å²) in [6.07, 6.45) is 3.94. The second-order valence-electron chi connectivity index (χ2n) is 7.17. The maximum atomic E-state index is 12.9. The Kier molecular flexibility index (Phi) is 3.73. The maximum Gasteiger partial charge on any atom is 0.322 e. The maximum absolute atomic E-state index is 12.9. The lowest BCUT2D eigenvalue weighted by Crippen LogP contribution is -2.36. The van der Waals surface area contributed by atoms with Gasteiger partial charge in [0.1, 0.15) is 11.5 Å². The first-order chi connectivity index (χ1) is 12.8. The van der Waals surface area contributed by atoms with Crippen molar-refractivity contribution in [1.82, 2.24) is 4.90 Å². The molecule has 5 rings (SSSR count). The molecule has 3 aliphatic rings. The molecule has 0 saturated heterocycles. The van der Waals surface area contributed by atoms with Crippen LogP contribution in [0.4, 0.5) is 10.5 Å². The molecule has 2 aromatic rings. The van der Waals surface area contributed by atoms with Crippen LogP contribution in [0.2, 0.25) is 0 Å². The van der Waals surface area contributed by atoms with Crippen molar-refractivity contribution >= 4 is 11.7 Å². The molecule has 0 unspecified atom stereocenters. The van der Waals surface area contributed by atoms with Gasteiger partial charge in [-0.25, -0.2) is 4.79 Å².